The van der Waals surface area contributed by atoms with E-state index in [1.54, 1.807) is 26.8 Å². The van der Waals surface area contributed by atoms with E-state index in [1.165, 1.54) is 30.7 Å². The third-order valence-electron chi connectivity index (χ3n) is 10.3. The second-order valence-electron chi connectivity index (χ2n) is 12.5. The molecule has 10 heteroatoms. The molecule has 9 nitrogen and oxygen atoms in total. The third kappa shape index (κ3) is 3.37. The average molecular weight is 540 g/mol. The van der Waals surface area contributed by atoms with Crippen LogP contribution in [0, 0.1) is 22.7 Å². The second kappa shape index (κ2) is 8.34. The zero-order valence-electron chi connectivity index (χ0n) is 22.6. The minimum Gasteiger partial charge on any atom is -0.390 e. The standard InChI is InChI=1S/C29H34FN3O6/c1-25(2)38-23-12-19-18-6-5-16-11-17(34)7-8-26(16,3)28(18,30)21(35)13-27(19,4)29(23,39-25)22(36)15-33-24(37)20-14-31-9-10-32-20/h7-11,14,18-19,21,23,35H,5-6,12-13,15H2,1-4H3,(H,33,37)/t18?,19?,21-,23+,26?,27?,28-,29-/m0/s1. The molecule has 6 rings (SSSR count). The maximum atomic E-state index is 17.5. The van der Waals surface area contributed by atoms with Gasteiger partial charge in [0, 0.05) is 29.1 Å². The first-order chi connectivity index (χ1) is 18.3. The molecule has 208 valence electrons. The highest BCUT2D eigenvalue weighted by atomic mass is 19.1. The number of alkyl halides is 1. The number of halogens is 1. The normalized spacial score (nSPS) is 43.5. The first-order valence-electron chi connectivity index (χ1n) is 13.6. The predicted octanol–water partition coefficient (Wildman–Crippen LogP) is 2.65. The Hall–Kier alpha value is -2.82. The quantitative estimate of drug-likeness (QED) is 0.598. The van der Waals surface area contributed by atoms with E-state index in [9.17, 15) is 19.5 Å². The highest BCUT2D eigenvalue weighted by Gasteiger charge is 2.80. The van der Waals surface area contributed by atoms with Crippen LogP contribution in [-0.4, -0.2) is 68.4 Å². The van der Waals surface area contributed by atoms with Crippen molar-refractivity contribution in [1.29, 1.82) is 0 Å². The van der Waals surface area contributed by atoms with E-state index in [0.29, 0.717) is 24.8 Å². The van der Waals surface area contributed by atoms with Crippen LogP contribution in [0.2, 0.25) is 0 Å². The minimum atomic E-state index is -2.03. The van der Waals surface area contributed by atoms with Crippen molar-refractivity contribution < 1.29 is 33.4 Å². The van der Waals surface area contributed by atoms with Crippen LogP contribution in [0.5, 0.6) is 0 Å². The van der Waals surface area contributed by atoms with Gasteiger partial charge < -0.3 is 19.9 Å². The van der Waals surface area contributed by atoms with Gasteiger partial charge in [0.1, 0.15) is 5.69 Å². The predicted molar refractivity (Wildman–Crippen MR) is 136 cm³/mol. The van der Waals surface area contributed by atoms with Gasteiger partial charge in [0.15, 0.2) is 28.6 Å². The minimum absolute atomic E-state index is 0.0326. The first-order valence-corrected chi connectivity index (χ1v) is 13.6. The lowest BCUT2D eigenvalue weighted by atomic mass is 9.44. The number of hydrogen-bond acceptors (Lipinski definition) is 8. The van der Waals surface area contributed by atoms with Crippen molar-refractivity contribution in [2.45, 2.75) is 82.6 Å². The molecule has 0 bridgehead atoms. The van der Waals surface area contributed by atoms with E-state index < -0.39 is 51.9 Å². The molecule has 2 N–H and O–H groups in total. The number of hydrogen-bond donors (Lipinski definition) is 2. The number of rotatable bonds is 4. The van der Waals surface area contributed by atoms with Crippen molar-refractivity contribution in [3.63, 3.8) is 0 Å². The van der Waals surface area contributed by atoms with Crippen LogP contribution < -0.4 is 5.32 Å². The summed E-state index contributed by atoms with van der Waals surface area (Å²) in [4.78, 5) is 46.7. The SMILES string of the molecule is CC1(C)O[C@@H]2CC3C4CCC5=CC(=O)C=CC5(C)[C@@]4(F)[C@@H](O)CC3(C)[C@@]2(C(=O)CNC(=O)c2cnccn2)O1. The molecule has 3 saturated carbocycles. The number of nitrogens with zero attached hydrogens (tertiary/aromatic N) is 2. The summed E-state index contributed by atoms with van der Waals surface area (Å²) in [6, 6.07) is 0. The Labute approximate surface area is 226 Å². The molecule has 4 fully saturated rings. The molecule has 1 saturated heterocycles. The molecule has 1 aromatic heterocycles. The van der Waals surface area contributed by atoms with E-state index in [-0.39, 0.29) is 36.1 Å². The lowest BCUT2D eigenvalue weighted by Gasteiger charge is -2.62. The summed E-state index contributed by atoms with van der Waals surface area (Å²) >= 11 is 0. The molecular weight excluding hydrogens is 505 g/mol. The fourth-order valence-electron chi connectivity index (χ4n) is 8.61. The Morgan fingerprint density at radius 2 is 1.97 bits per heavy atom. The molecule has 0 spiro atoms. The van der Waals surface area contributed by atoms with Gasteiger partial charge in [-0.15, -0.1) is 0 Å². The van der Waals surface area contributed by atoms with E-state index in [4.69, 9.17) is 9.47 Å². The number of fused-ring (bicyclic) bond motifs is 7. The maximum absolute atomic E-state index is 17.5. The van der Waals surface area contributed by atoms with Crippen LogP contribution in [0.1, 0.15) is 63.9 Å². The van der Waals surface area contributed by atoms with Crippen molar-refractivity contribution >= 4 is 17.5 Å². The van der Waals surface area contributed by atoms with Gasteiger partial charge in [-0.25, -0.2) is 9.37 Å². The average Bonchev–Trinajstić information content (AvgIpc) is 3.30. The van der Waals surface area contributed by atoms with E-state index in [0.717, 1.165) is 0 Å². The zero-order valence-corrected chi connectivity index (χ0v) is 22.6. The van der Waals surface area contributed by atoms with E-state index >= 15 is 4.39 Å². The van der Waals surface area contributed by atoms with Crippen LogP contribution in [-0.2, 0) is 19.1 Å². The van der Waals surface area contributed by atoms with Gasteiger partial charge in [0.2, 0.25) is 0 Å². The number of carbonyl (C=O) groups is 3. The monoisotopic (exact) mass is 539 g/mol. The smallest absolute Gasteiger partial charge is 0.271 e. The highest BCUT2D eigenvalue weighted by molar-refractivity contribution is 6.01. The Bertz CT molecular complexity index is 1320. The molecule has 1 amide bonds. The number of aromatic nitrogens is 2. The van der Waals surface area contributed by atoms with E-state index in [1.807, 2.05) is 6.92 Å². The van der Waals surface area contributed by atoms with Gasteiger partial charge in [0.25, 0.3) is 5.91 Å². The molecule has 4 aliphatic carbocycles. The number of ether oxygens (including phenoxy) is 2. The fraction of sp³-hybridized carbons (Fsp3) is 0.621. The molecule has 1 aromatic rings. The van der Waals surface area contributed by atoms with Crippen LogP contribution in [0.4, 0.5) is 4.39 Å². The van der Waals surface area contributed by atoms with Crippen molar-refractivity contribution in [2.75, 3.05) is 6.54 Å². The maximum Gasteiger partial charge on any atom is 0.271 e. The molecule has 5 aliphatic rings. The van der Waals surface area contributed by atoms with E-state index in [2.05, 4.69) is 15.3 Å². The Morgan fingerprint density at radius 1 is 1.21 bits per heavy atom. The van der Waals surface area contributed by atoms with Gasteiger partial charge in [0.05, 0.1) is 24.9 Å². The van der Waals surface area contributed by atoms with Crippen molar-refractivity contribution in [1.82, 2.24) is 15.3 Å². The number of Topliss-reactive ketones (excluding diaryl/α,β-unsaturated/α-hetero) is 1. The van der Waals surface area contributed by atoms with Gasteiger partial charge in [-0.1, -0.05) is 18.6 Å². The Kier molecular flexibility index (Phi) is 5.65. The lowest BCUT2D eigenvalue weighted by molar-refractivity contribution is -0.245. The summed E-state index contributed by atoms with van der Waals surface area (Å²) in [5, 5.41) is 14.3. The lowest BCUT2D eigenvalue weighted by Crippen LogP contribution is -2.70. The van der Waals surface area contributed by atoms with Crippen LogP contribution >= 0.6 is 0 Å². The number of carbonyl (C=O) groups excluding carboxylic acids is 3. The highest BCUT2D eigenvalue weighted by Crippen LogP contribution is 2.72. The molecule has 4 unspecified atom stereocenters. The van der Waals surface area contributed by atoms with Gasteiger partial charge in [-0.05, 0) is 64.5 Å². The molecule has 0 aromatic carbocycles. The topological polar surface area (TPSA) is 128 Å². The summed E-state index contributed by atoms with van der Waals surface area (Å²) in [5.41, 5.74) is -4.85. The Morgan fingerprint density at radius 3 is 2.69 bits per heavy atom. The largest absolute Gasteiger partial charge is 0.390 e. The van der Waals surface area contributed by atoms with Gasteiger partial charge >= 0.3 is 0 Å². The second-order valence-corrected chi connectivity index (χ2v) is 12.5. The number of allylic oxidation sites excluding steroid dienone is 4. The Balaban J connectivity index is 1.36. The van der Waals surface area contributed by atoms with Crippen molar-refractivity contribution in [3.05, 3.63) is 48.1 Å². The van der Waals surface area contributed by atoms with Crippen LogP contribution in [0.3, 0.4) is 0 Å². The van der Waals surface area contributed by atoms with Gasteiger partial charge in [-0.2, -0.15) is 0 Å². The summed E-state index contributed by atoms with van der Waals surface area (Å²) in [6.45, 7) is 6.77. The first kappa shape index (κ1) is 26.4. The number of ketones is 2. The van der Waals surface area contributed by atoms with Crippen molar-refractivity contribution in [3.8, 4) is 0 Å². The molecule has 1 aliphatic heterocycles. The summed E-state index contributed by atoms with van der Waals surface area (Å²) in [5.74, 6) is -3.12. The summed E-state index contributed by atoms with van der Waals surface area (Å²) in [7, 11) is 0. The number of aliphatic hydroxyl groups excluding tert-OH is 1. The zero-order chi connectivity index (χ0) is 28.0. The summed E-state index contributed by atoms with van der Waals surface area (Å²) < 4.78 is 30.2. The summed E-state index contributed by atoms with van der Waals surface area (Å²) in [6.07, 6.45) is 7.85. The molecule has 0 radical (unpaired) electrons. The molecule has 8 atom stereocenters. The third-order valence-corrected chi connectivity index (χ3v) is 10.3. The van der Waals surface area contributed by atoms with Crippen LogP contribution in [0.25, 0.3) is 0 Å². The van der Waals surface area contributed by atoms with Gasteiger partial charge in [-0.3, -0.25) is 19.4 Å². The fourth-order valence-corrected chi connectivity index (χ4v) is 8.61. The number of aliphatic hydroxyl groups is 1. The number of nitrogens with one attached hydrogen (secondary N) is 1. The molecular formula is C29H34FN3O6. The molecule has 2 heterocycles. The van der Waals surface area contributed by atoms with Crippen LogP contribution in [0.15, 0.2) is 42.4 Å². The molecule has 39 heavy (non-hydrogen) atoms. The van der Waals surface area contributed by atoms with Crippen molar-refractivity contribution in [2.24, 2.45) is 22.7 Å². The number of amides is 1.